The van der Waals surface area contributed by atoms with Crippen molar-refractivity contribution in [3.63, 3.8) is 0 Å². The van der Waals surface area contributed by atoms with E-state index in [2.05, 4.69) is 0 Å². The first-order chi connectivity index (χ1) is 8.80. The number of amides is 2. The van der Waals surface area contributed by atoms with Crippen molar-refractivity contribution in [1.29, 1.82) is 0 Å². The zero-order chi connectivity index (χ0) is 14.6. The van der Waals surface area contributed by atoms with Crippen molar-refractivity contribution in [2.75, 3.05) is 40.4 Å². The maximum atomic E-state index is 12.1. The van der Waals surface area contributed by atoms with Crippen molar-refractivity contribution in [1.82, 2.24) is 9.80 Å². The largest absolute Gasteiger partial charge is 0.481 e. The van der Waals surface area contributed by atoms with Crippen molar-refractivity contribution < 1.29 is 24.5 Å². The van der Waals surface area contributed by atoms with E-state index in [1.807, 2.05) is 0 Å². The number of carboxylic acid groups (broad SMARTS) is 1. The number of likely N-dealkylation sites (N-methyl/N-ethyl adjacent to an activating group) is 1. The van der Waals surface area contributed by atoms with E-state index in [0.29, 0.717) is 13.0 Å². The number of nitrogens with zero attached hydrogens (tertiary/aromatic N) is 2. The second-order valence-electron chi connectivity index (χ2n) is 5.31. The van der Waals surface area contributed by atoms with Gasteiger partial charge in [0.15, 0.2) is 0 Å². The average Bonchev–Trinajstić information content (AvgIpc) is 2.72. The molecule has 0 bridgehead atoms. The first-order valence-electron chi connectivity index (χ1n) is 6.20. The monoisotopic (exact) mass is 274 g/mol. The Bertz CT molecular complexity index is 349. The van der Waals surface area contributed by atoms with Crippen LogP contribution in [0.5, 0.6) is 0 Å². The Balaban J connectivity index is 2.53. The number of hydrogen-bond acceptors (Lipinski definition) is 4. The molecular formula is C12H22N2O5. The summed E-state index contributed by atoms with van der Waals surface area (Å²) in [5.41, 5.74) is -0.873. The zero-order valence-corrected chi connectivity index (χ0v) is 11.6. The van der Waals surface area contributed by atoms with Gasteiger partial charge in [-0.1, -0.05) is 0 Å². The van der Waals surface area contributed by atoms with Gasteiger partial charge in [-0.15, -0.1) is 0 Å². The summed E-state index contributed by atoms with van der Waals surface area (Å²) in [5, 5.41) is 18.7. The molecule has 2 N–H and O–H groups in total. The molecule has 1 heterocycles. The number of methoxy groups -OCH3 is 1. The summed E-state index contributed by atoms with van der Waals surface area (Å²) in [6.07, 6.45) is -0.296. The molecule has 2 unspecified atom stereocenters. The van der Waals surface area contributed by atoms with E-state index in [0.717, 1.165) is 0 Å². The van der Waals surface area contributed by atoms with Crippen LogP contribution in [-0.2, 0) is 9.53 Å². The Morgan fingerprint density at radius 1 is 1.53 bits per heavy atom. The second-order valence-corrected chi connectivity index (χ2v) is 5.31. The first kappa shape index (κ1) is 15.7. The van der Waals surface area contributed by atoms with E-state index in [9.17, 15) is 14.7 Å². The standard InChI is InChI=1S/C12H22N2O5/c1-12(10(16)17)4-5-14(8-12)11(18)13(2)6-9(15)7-19-3/h9,15H,4-8H2,1-3H3,(H,16,17). The highest BCUT2D eigenvalue weighted by Gasteiger charge is 2.42. The number of aliphatic hydroxyl groups excluding tert-OH is 1. The molecule has 1 aliphatic rings. The summed E-state index contributed by atoms with van der Waals surface area (Å²) in [7, 11) is 3.06. The van der Waals surface area contributed by atoms with Gasteiger partial charge in [0, 0.05) is 27.2 Å². The normalized spacial score (nSPS) is 24.3. The SMILES string of the molecule is COCC(O)CN(C)C(=O)N1CCC(C)(C(=O)O)C1. The molecule has 0 aromatic carbocycles. The Morgan fingerprint density at radius 2 is 2.16 bits per heavy atom. The van der Waals surface area contributed by atoms with Gasteiger partial charge in [0.25, 0.3) is 0 Å². The molecule has 2 atom stereocenters. The highest BCUT2D eigenvalue weighted by Crippen LogP contribution is 2.30. The smallest absolute Gasteiger partial charge is 0.319 e. The molecule has 1 rings (SSSR count). The highest BCUT2D eigenvalue weighted by molar-refractivity contribution is 5.79. The van der Waals surface area contributed by atoms with Crippen LogP contribution in [0.1, 0.15) is 13.3 Å². The molecule has 110 valence electrons. The molecule has 0 aromatic rings. The third-order valence-corrected chi connectivity index (χ3v) is 3.43. The number of urea groups is 1. The molecule has 1 fully saturated rings. The van der Waals surface area contributed by atoms with Crippen LogP contribution in [0, 0.1) is 5.41 Å². The molecule has 0 saturated carbocycles. The number of carboxylic acids is 1. The summed E-state index contributed by atoms with van der Waals surface area (Å²) in [6.45, 7) is 2.58. The topological polar surface area (TPSA) is 90.3 Å². The van der Waals surface area contributed by atoms with Gasteiger partial charge in [-0.05, 0) is 13.3 Å². The lowest BCUT2D eigenvalue weighted by atomic mass is 9.90. The minimum Gasteiger partial charge on any atom is -0.481 e. The number of likely N-dealkylation sites (tertiary alicyclic amines) is 1. The fourth-order valence-electron chi connectivity index (χ4n) is 2.18. The second kappa shape index (κ2) is 6.21. The number of ether oxygens (including phenoxy) is 1. The Kier molecular flexibility index (Phi) is 5.13. The van der Waals surface area contributed by atoms with Gasteiger partial charge in [-0.25, -0.2) is 4.79 Å². The third-order valence-electron chi connectivity index (χ3n) is 3.43. The number of aliphatic hydroxyl groups is 1. The molecule has 7 heteroatoms. The Morgan fingerprint density at radius 3 is 2.63 bits per heavy atom. The van der Waals surface area contributed by atoms with E-state index >= 15 is 0 Å². The van der Waals surface area contributed by atoms with Crippen molar-refractivity contribution in [3.8, 4) is 0 Å². The summed E-state index contributed by atoms with van der Waals surface area (Å²) in [6, 6.07) is -0.264. The minimum absolute atomic E-state index is 0.157. The lowest BCUT2D eigenvalue weighted by molar-refractivity contribution is -0.147. The van der Waals surface area contributed by atoms with E-state index in [-0.39, 0.29) is 25.7 Å². The van der Waals surface area contributed by atoms with Gasteiger partial charge in [0.1, 0.15) is 0 Å². The quantitative estimate of drug-likeness (QED) is 0.727. The molecule has 2 amide bonds. The zero-order valence-electron chi connectivity index (χ0n) is 11.6. The van der Waals surface area contributed by atoms with Gasteiger partial charge in [0.2, 0.25) is 0 Å². The van der Waals surface area contributed by atoms with Crippen molar-refractivity contribution in [2.24, 2.45) is 5.41 Å². The van der Waals surface area contributed by atoms with Crippen LogP contribution in [0.4, 0.5) is 4.79 Å². The molecule has 0 aromatic heterocycles. The molecule has 0 spiro atoms. The molecule has 1 aliphatic heterocycles. The fraction of sp³-hybridized carbons (Fsp3) is 0.833. The van der Waals surface area contributed by atoms with E-state index in [4.69, 9.17) is 9.84 Å². The molecule has 0 aliphatic carbocycles. The van der Waals surface area contributed by atoms with Crippen LogP contribution >= 0.6 is 0 Å². The van der Waals surface area contributed by atoms with E-state index in [1.54, 1.807) is 14.0 Å². The van der Waals surface area contributed by atoms with Crippen LogP contribution in [0.3, 0.4) is 0 Å². The van der Waals surface area contributed by atoms with Gasteiger partial charge in [0.05, 0.1) is 24.7 Å². The first-order valence-corrected chi connectivity index (χ1v) is 6.20. The average molecular weight is 274 g/mol. The summed E-state index contributed by atoms with van der Waals surface area (Å²) < 4.78 is 4.79. The van der Waals surface area contributed by atoms with Gasteiger partial charge >= 0.3 is 12.0 Å². The van der Waals surface area contributed by atoms with Gasteiger partial charge < -0.3 is 24.7 Å². The van der Waals surface area contributed by atoms with Crippen LogP contribution in [0.2, 0.25) is 0 Å². The Labute approximate surface area is 112 Å². The number of carbonyl (C=O) groups excluding carboxylic acids is 1. The molecule has 19 heavy (non-hydrogen) atoms. The molecule has 0 radical (unpaired) electrons. The van der Waals surface area contributed by atoms with Crippen LogP contribution in [-0.4, -0.2) is 78.5 Å². The highest BCUT2D eigenvalue weighted by atomic mass is 16.5. The van der Waals surface area contributed by atoms with Crippen LogP contribution < -0.4 is 0 Å². The summed E-state index contributed by atoms with van der Waals surface area (Å²) in [4.78, 5) is 26.1. The third kappa shape index (κ3) is 3.81. The van der Waals surface area contributed by atoms with Gasteiger partial charge in [-0.3, -0.25) is 4.79 Å². The number of aliphatic carboxylic acids is 1. The number of rotatable bonds is 5. The van der Waals surface area contributed by atoms with Crippen molar-refractivity contribution in [3.05, 3.63) is 0 Å². The van der Waals surface area contributed by atoms with Gasteiger partial charge in [-0.2, -0.15) is 0 Å². The maximum absolute atomic E-state index is 12.1. The van der Waals surface area contributed by atoms with E-state index < -0.39 is 17.5 Å². The van der Waals surface area contributed by atoms with Crippen LogP contribution in [0.25, 0.3) is 0 Å². The predicted octanol–water partition coefficient (Wildman–Crippen LogP) is -0.158. The minimum atomic E-state index is -0.884. The van der Waals surface area contributed by atoms with E-state index in [1.165, 1.54) is 16.9 Å². The number of carbonyl (C=O) groups is 2. The lowest BCUT2D eigenvalue weighted by Crippen LogP contribution is -2.45. The van der Waals surface area contributed by atoms with Crippen molar-refractivity contribution in [2.45, 2.75) is 19.4 Å². The predicted molar refractivity (Wildman–Crippen MR) is 67.8 cm³/mol. The van der Waals surface area contributed by atoms with Crippen LogP contribution in [0.15, 0.2) is 0 Å². The van der Waals surface area contributed by atoms with Crippen molar-refractivity contribution >= 4 is 12.0 Å². The molecule has 1 saturated heterocycles. The number of hydrogen-bond donors (Lipinski definition) is 2. The fourth-order valence-corrected chi connectivity index (χ4v) is 2.18. The Hall–Kier alpha value is -1.34. The summed E-state index contributed by atoms with van der Waals surface area (Å²) >= 11 is 0. The maximum Gasteiger partial charge on any atom is 0.319 e. The lowest BCUT2D eigenvalue weighted by Gasteiger charge is -2.27. The molecule has 7 nitrogen and oxygen atoms in total. The summed E-state index contributed by atoms with van der Waals surface area (Å²) in [5.74, 6) is -0.884. The molecular weight excluding hydrogens is 252 g/mol.